The third-order valence-corrected chi connectivity index (χ3v) is 11.6. The number of carboxylic acid groups (broad SMARTS) is 2. The van der Waals surface area contributed by atoms with Crippen molar-refractivity contribution in [3.8, 4) is 23.0 Å². The van der Waals surface area contributed by atoms with Crippen molar-refractivity contribution in [3.63, 3.8) is 0 Å². The van der Waals surface area contributed by atoms with Crippen LogP contribution in [0, 0.1) is 24.4 Å². The lowest BCUT2D eigenvalue weighted by Crippen LogP contribution is -2.16. The van der Waals surface area contributed by atoms with Crippen molar-refractivity contribution in [2.24, 2.45) is 0 Å². The van der Waals surface area contributed by atoms with Gasteiger partial charge in [-0.2, -0.15) is 0 Å². The summed E-state index contributed by atoms with van der Waals surface area (Å²) in [4.78, 5) is 20.6. The Bertz CT molecular complexity index is 2760. The van der Waals surface area contributed by atoms with E-state index in [4.69, 9.17) is 29.2 Å². The molecule has 0 aliphatic heterocycles. The quantitative estimate of drug-likeness (QED) is 0.0541. The third kappa shape index (κ3) is 14.1. The molecular weight excluding hydrogens is 882 g/mol. The molecule has 0 unspecified atom stereocenters. The van der Waals surface area contributed by atoms with E-state index in [1.807, 2.05) is 0 Å². The number of para-hydroxylation sites is 2. The Kier molecular flexibility index (Phi) is 16.6. The highest BCUT2D eigenvalue weighted by Gasteiger charge is 2.24. The Morgan fingerprint density at radius 1 is 0.531 bits per heavy atom. The second-order valence-corrected chi connectivity index (χ2v) is 16.7. The van der Waals surface area contributed by atoms with Crippen LogP contribution < -0.4 is 28.4 Å². The summed E-state index contributed by atoms with van der Waals surface area (Å²) in [6.45, 7) is 2.29. The summed E-state index contributed by atoms with van der Waals surface area (Å²) in [6.07, 6.45) is -0.297. The normalized spacial score (nSPS) is 11.1. The molecule has 64 heavy (non-hydrogen) atoms. The second-order valence-electron chi connectivity index (χ2n) is 13.5. The van der Waals surface area contributed by atoms with Crippen LogP contribution in [-0.4, -0.2) is 65.4 Å². The molecule has 6 rings (SSSR count). The highest BCUT2D eigenvalue weighted by Crippen LogP contribution is 2.25. The van der Waals surface area contributed by atoms with Crippen molar-refractivity contribution in [1.82, 2.24) is 0 Å². The number of carbonyl (C=O) groups is 2. The predicted octanol–water partition coefficient (Wildman–Crippen LogP) is 7.87. The number of halogens is 3. The lowest BCUT2D eigenvalue weighted by molar-refractivity contribution is -0.137. The maximum Gasteiger partial charge on any atom is 0.307 e. The number of aryl methyl sites for hydroxylation is 1. The Morgan fingerprint density at radius 2 is 0.953 bits per heavy atom. The zero-order valence-electron chi connectivity index (χ0n) is 33.9. The van der Waals surface area contributed by atoms with E-state index >= 15 is 0 Å². The van der Waals surface area contributed by atoms with Gasteiger partial charge in [0.2, 0.25) is 0 Å². The van der Waals surface area contributed by atoms with Crippen LogP contribution in [0.1, 0.15) is 16.7 Å². The van der Waals surface area contributed by atoms with Crippen LogP contribution in [0.5, 0.6) is 23.0 Å². The van der Waals surface area contributed by atoms with Crippen LogP contribution in [0.3, 0.4) is 0 Å². The summed E-state index contributed by atoms with van der Waals surface area (Å²) in [5, 5.41) is 17.9. The average Bonchev–Trinajstić information content (AvgIpc) is 3.23. The molecule has 0 saturated heterocycles. The number of hydrogen-bond donors (Lipinski definition) is 4. The number of benzene rings is 6. The summed E-state index contributed by atoms with van der Waals surface area (Å²) in [5.74, 6) is -3.09. The van der Waals surface area contributed by atoms with Gasteiger partial charge in [0.25, 0.3) is 20.0 Å². The number of aliphatic carboxylic acids is 2. The first-order chi connectivity index (χ1) is 30.5. The number of carboxylic acids is 2. The Hall–Kier alpha value is -7.25. The number of hydrogen-bond acceptors (Lipinski definition) is 10. The monoisotopic (exact) mass is 922 g/mol. The molecule has 0 bridgehead atoms. The van der Waals surface area contributed by atoms with E-state index in [2.05, 4.69) is 9.44 Å². The highest BCUT2D eigenvalue weighted by atomic mass is 32.2. The Morgan fingerprint density at radius 3 is 1.41 bits per heavy atom. The number of anilines is 2. The van der Waals surface area contributed by atoms with E-state index in [1.54, 1.807) is 67.6 Å². The molecule has 4 N–H and O–H groups in total. The van der Waals surface area contributed by atoms with Gasteiger partial charge < -0.3 is 29.2 Å². The fraction of sp³-hybridized carbons (Fsp3) is 0.156. The van der Waals surface area contributed by atoms with Crippen LogP contribution in [-0.2, 0) is 42.5 Å². The summed E-state index contributed by atoms with van der Waals surface area (Å²) in [7, 11) is -8.39. The molecule has 0 saturated carbocycles. The van der Waals surface area contributed by atoms with Gasteiger partial charge in [0, 0.05) is 22.5 Å². The molecule has 0 fully saturated rings. The smallest absolute Gasteiger partial charge is 0.307 e. The van der Waals surface area contributed by atoms with Gasteiger partial charge in [0.15, 0.2) is 4.90 Å². The lowest BCUT2D eigenvalue weighted by atomic mass is 10.1. The third-order valence-electron chi connectivity index (χ3n) is 8.69. The van der Waals surface area contributed by atoms with Gasteiger partial charge in [-0.05, 0) is 97.4 Å². The van der Waals surface area contributed by atoms with Crippen molar-refractivity contribution in [3.05, 3.63) is 168 Å². The first kappa shape index (κ1) is 47.8. The van der Waals surface area contributed by atoms with Gasteiger partial charge in [-0.25, -0.2) is 30.0 Å². The lowest BCUT2D eigenvalue weighted by Gasteiger charge is -2.12. The fourth-order valence-electron chi connectivity index (χ4n) is 5.79. The molecule has 0 atom stereocenters. The summed E-state index contributed by atoms with van der Waals surface area (Å²) >= 11 is 0. The van der Waals surface area contributed by atoms with Crippen LogP contribution in [0.2, 0.25) is 0 Å². The maximum absolute atomic E-state index is 13.8. The van der Waals surface area contributed by atoms with Crippen molar-refractivity contribution in [2.45, 2.75) is 29.6 Å². The molecule has 6 aromatic carbocycles. The van der Waals surface area contributed by atoms with E-state index in [-0.39, 0.29) is 49.9 Å². The van der Waals surface area contributed by atoms with Crippen LogP contribution >= 0.6 is 0 Å². The molecule has 0 heterocycles. The first-order valence-corrected chi connectivity index (χ1v) is 22.0. The summed E-state index contributed by atoms with van der Waals surface area (Å²) < 4.78 is 117. The van der Waals surface area contributed by atoms with Gasteiger partial charge in [0.1, 0.15) is 66.9 Å². The molecular formula is C45H41F3N2O12S2. The zero-order chi connectivity index (χ0) is 46.3. The molecule has 0 aliphatic carbocycles. The van der Waals surface area contributed by atoms with E-state index < -0.39 is 54.3 Å². The molecule has 0 spiro atoms. The van der Waals surface area contributed by atoms with Gasteiger partial charge in [-0.3, -0.25) is 19.0 Å². The maximum atomic E-state index is 13.8. The van der Waals surface area contributed by atoms with Gasteiger partial charge in [0.05, 0.1) is 17.7 Å². The van der Waals surface area contributed by atoms with Crippen molar-refractivity contribution >= 4 is 43.4 Å². The molecule has 0 aliphatic rings. The molecule has 6 aromatic rings. The SMILES string of the molecule is Cc1ccc(F)cc1S(=O)(=O)Nc1ccc(OCCOc2ccccc2CC(=O)O)cc1.O=C(O)Cc1ccccc1OCCOc1ccc(NS(=O)(=O)c2c(F)cccc2F)cc1. The number of sulfonamides is 2. The van der Waals surface area contributed by atoms with E-state index in [1.165, 1.54) is 48.5 Å². The number of nitrogens with one attached hydrogen (secondary N) is 2. The van der Waals surface area contributed by atoms with Gasteiger partial charge in [-0.15, -0.1) is 0 Å². The predicted molar refractivity (Wildman–Crippen MR) is 230 cm³/mol. The minimum atomic E-state index is -4.45. The van der Waals surface area contributed by atoms with Gasteiger partial charge in [-0.1, -0.05) is 48.5 Å². The largest absolute Gasteiger partial charge is 0.490 e. The second kappa shape index (κ2) is 22.2. The van der Waals surface area contributed by atoms with E-state index in [9.17, 15) is 39.6 Å². The minimum absolute atomic E-state index is 0.0962. The number of rotatable bonds is 20. The minimum Gasteiger partial charge on any atom is -0.490 e. The fourth-order valence-corrected chi connectivity index (χ4v) is 8.30. The first-order valence-electron chi connectivity index (χ1n) is 19.1. The van der Waals surface area contributed by atoms with Crippen LogP contribution in [0.4, 0.5) is 24.5 Å². The van der Waals surface area contributed by atoms with Gasteiger partial charge >= 0.3 is 11.9 Å². The highest BCUT2D eigenvalue weighted by molar-refractivity contribution is 7.93. The van der Waals surface area contributed by atoms with E-state index in [0.717, 1.165) is 24.3 Å². The van der Waals surface area contributed by atoms with Crippen molar-refractivity contribution in [1.29, 1.82) is 0 Å². The molecule has 0 amide bonds. The average molecular weight is 923 g/mol. The van der Waals surface area contributed by atoms with Crippen molar-refractivity contribution in [2.75, 3.05) is 35.9 Å². The molecule has 14 nitrogen and oxygen atoms in total. The van der Waals surface area contributed by atoms with E-state index in [0.29, 0.717) is 45.4 Å². The molecule has 19 heteroatoms. The standard InChI is InChI=1S/C23H22FNO6S.C22H19F2NO6S/c1-16-6-7-18(24)15-22(16)32(28,29)25-19-8-10-20(11-9-19)30-12-13-31-21-5-3-2-4-17(21)14-23(26)27;23-18-5-3-6-19(24)22(18)32(28,29)25-16-8-10-17(11-9-16)30-12-13-31-20-7-2-1-4-15(20)14-21(26)27/h2-11,15,25H,12-14H2,1H3,(H,26,27);1-11,25H,12-14H2,(H,26,27). The topological polar surface area (TPSA) is 204 Å². The molecule has 0 radical (unpaired) electrons. The van der Waals surface area contributed by atoms with Crippen LogP contribution in [0.15, 0.2) is 143 Å². The molecule has 336 valence electrons. The number of ether oxygens (including phenoxy) is 4. The Balaban J connectivity index is 0.000000241. The summed E-state index contributed by atoms with van der Waals surface area (Å²) in [6, 6.07) is 32.0. The summed E-state index contributed by atoms with van der Waals surface area (Å²) in [5.41, 5.74) is 1.95. The zero-order valence-corrected chi connectivity index (χ0v) is 35.5. The van der Waals surface area contributed by atoms with Crippen molar-refractivity contribution < 1.29 is 68.8 Å². The molecule has 0 aromatic heterocycles. The van der Waals surface area contributed by atoms with Crippen LogP contribution in [0.25, 0.3) is 0 Å². The Labute approximate surface area is 366 Å².